The van der Waals surface area contributed by atoms with Gasteiger partial charge in [0.15, 0.2) is 0 Å². The van der Waals surface area contributed by atoms with Crippen molar-refractivity contribution in [3.63, 3.8) is 0 Å². The van der Waals surface area contributed by atoms with E-state index in [0.717, 1.165) is 30.2 Å². The molecule has 19 heavy (non-hydrogen) atoms. The zero-order valence-electron chi connectivity index (χ0n) is 12.0. The highest BCUT2D eigenvalue weighted by atomic mass is 16.5. The van der Waals surface area contributed by atoms with Gasteiger partial charge in [0, 0.05) is 0 Å². The van der Waals surface area contributed by atoms with Crippen LogP contribution in [0.1, 0.15) is 45.1 Å². The van der Waals surface area contributed by atoms with Crippen LogP contribution < -0.4 is 0 Å². The second kappa shape index (κ2) is 6.74. The van der Waals surface area contributed by atoms with Gasteiger partial charge in [0.2, 0.25) is 0 Å². The molecule has 0 atom stereocenters. The molecular weight excluding hydrogens is 236 g/mol. The topological polar surface area (TPSA) is 26.3 Å². The Morgan fingerprint density at radius 1 is 1.16 bits per heavy atom. The molecule has 0 N–H and O–H groups in total. The first kappa shape index (κ1) is 14.1. The van der Waals surface area contributed by atoms with E-state index in [1.165, 1.54) is 12.8 Å². The zero-order chi connectivity index (χ0) is 13.7. The average Bonchev–Trinajstić information content (AvgIpc) is 2.46. The van der Waals surface area contributed by atoms with E-state index >= 15 is 0 Å². The van der Waals surface area contributed by atoms with Crippen molar-refractivity contribution in [2.45, 2.75) is 46.1 Å². The Labute approximate surface area is 116 Å². The van der Waals surface area contributed by atoms with Gasteiger partial charge in [-0.2, -0.15) is 0 Å². The van der Waals surface area contributed by atoms with Gasteiger partial charge in [-0.05, 0) is 43.1 Å². The molecular formula is C17H24O2. The standard InChI is InChI=1S/C17H24O2/c1-13(2)15-8-10-16(11-9-15)17(18)19-12-14-6-4-3-5-7-14/h3-7,13,15-16H,8-12H2,1-2H3. The van der Waals surface area contributed by atoms with E-state index in [4.69, 9.17) is 4.74 Å². The fourth-order valence-corrected chi connectivity index (χ4v) is 2.87. The molecule has 0 aromatic heterocycles. The quantitative estimate of drug-likeness (QED) is 0.759. The van der Waals surface area contributed by atoms with E-state index in [9.17, 15) is 4.79 Å². The average molecular weight is 260 g/mol. The highest BCUT2D eigenvalue weighted by Crippen LogP contribution is 2.33. The summed E-state index contributed by atoms with van der Waals surface area (Å²) in [6, 6.07) is 9.89. The lowest BCUT2D eigenvalue weighted by Gasteiger charge is -2.29. The lowest BCUT2D eigenvalue weighted by Crippen LogP contribution is -2.25. The second-order valence-corrected chi connectivity index (χ2v) is 5.95. The van der Waals surface area contributed by atoms with E-state index in [-0.39, 0.29) is 11.9 Å². The Morgan fingerprint density at radius 2 is 1.79 bits per heavy atom. The monoisotopic (exact) mass is 260 g/mol. The zero-order valence-corrected chi connectivity index (χ0v) is 12.0. The summed E-state index contributed by atoms with van der Waals surface area (Å²) in [6.07, 6.45) is 4.33. The second-order valence-electron chi connectivity index (χ2n) is 5.95. The van der Waals surface area contributed by atoms with Gasteiger partial charge in [-0.3, -0.25) is 4.79 Å². The summed E-state index contributed by atoms with van der Waals surface area (Å²) in [5.41, 5.74) is 1.06. The molecule has 1 aromatic rings. The molecule has 0 spiro atoms. The largest absolute Gasteiger partial charge is 0.461 e. The summed E-state index contributed by atoms with van der Waals surface area (Å²) in [5.74, 6) is 1.64. The Morgan fingerprint density at radius 3 is 2.37 bits per heavy atom. The van der Waals surface area contributed by atoms with Gasteiger partial charge < -0.3 is 4.74 Å². The van der Waals surface area contributed by atoms with Gasteiger partial charge in [-0.25, -0.2) is 0 Å². The van der Waals surface area contributed by atoms with E-state index in [1.807, 2.05) is 30.3 Å². The summed E-state index contributed by atoms with van der Waals surface area (Å²) in [4.78, 5) is 12.0. The summed E-state index contributed by atoms with van der Waals surface area (Å²) >= 11 is 0. The molecule has 1 saturated carbocycles. The van der Waals surface area contributed by atoms with Crippen molar-refractivity contribution in [3.05, 3.63) is 35.9 Å². The van der Waals surface area contributed by atoms with E-state index in [0.29, 0.717) is 6.61 Å². The Hall–Kier alpha value is -1.31. The Bertz CT molecular complexity index is 389. The van der Waals surface area contributed by atoms with Crippen molar-refractivity contribution in [3.8, 4) is 0 Å². The number of hydrogen-bond acceptors (Lipinski definition) is 2. The van der Waals surface area contributed by atoms with Gasteiger partial charge in [0.1, 0.15) is 6.61 Å². The van der Waals surface area contributed by atoms with Crippen molar-refractivity contribution >= 4 is 5.97 Å². The van der Waals surface area contributed by atoms with Crippen molar-refractivity contribution in [2.24, 2.45) is 17.8 Å². The van der Waals surface area contributed by atoms with E-state index < -0.39 is 0 Å². The first-order valence-corrected chi connectivity index (χ1v) is 7.37. The van der Waals surface area contributed by atoms with Crippen LogP contribution >= 0.6 is 0 Å². The van der Waals surface area contributed by atoms with Gasteiger partial charge >= 0.3 is 5.97 Å². The van der Waals surface area contributed by atoms with E-state index in [1.54, 1.807) is 0 Å². The Balaban J connectivity index is 1.76. The number of ether oxygens (including phenoxy) is 1. The summed E-state index contributed by atoms with van der Waals surface area (Å²) in [5, 5.41) is 0. The van der Waals surface area contributed by atoms with Crippen LogP contribution in [-0.4, -0.2) is 5.97 Å². The summed E-state index contributed by atoms with van der Waals surface area (Å²) in [6.45, 7) is 4.96. The minimum atomic E-state index is -0.00828. The SMILES string of the molecule is CC(C)C1CCC(C(=O)OCc2ccccc2)CC1. The molecule has 0 aliphatic heterocycles. The molecule has 1 aliphatic rings. The van der Waals surface area contributed by atoms with Gasteiger partial charge in [0.05, 0.1) is 5.92 Å². The molecule has 2 rings (SSSR count). The number of rotatable bonds is 4. The van der Waals surface area contributed by atoms with Crippen molar-refractivity contribution < 1.29 is 9.53 Å². The highest BCUT2D eigenvalue weighted by Gasteiger charge is 2.28. The molecule has 2 heteroatoms. The lowest BCUT2D eigenvalue weighted by atomic mass is 9.77. The van der Waals surface area contributed by atoms with Crippen LogP contribution in [0.25, 0.3) is 0 Å². The number of carbonyl (C=O) groups excluding carboxylic acids is 1. The molecule has 104 valence electrons. The molecule has 1 aromatic carbocycles. The number of benzene rings is 1. The molecule has 0 radical (unpaired) electrons. The summed E-state index contributed by atoms with van der Waals surface area (Å²) < 4.78 is 5.42. The van der Waals surface area contributed by atoms with Crippen LogP contribution in [-0.2, 0) is 16.1 Å². The van der Waals surface area contributed by atoms with Gasteiger partial charge in [-0.15, -0.1) is 0 Å². The fraction of sp³-hybridized carbons (Fsp3) is 0.588. The maximum absolute atomic E-state index is 12.0. The number of esters is 1. The molecule has 0 bridgehead atoms. The molecule has 1 aliphatic carbocycles. The first-order valence-electron chi connectivity index (χ1n) is 7.37. The van der Waals surface area contributed by atoms with Crippen LogP contribution in [0.2, 0.25) is 0 Å². The van der Waals surface area contributed by atoms with Crippen LogP contribution in [0.15, 0.2) is 30.3 Å². The van der Waals surface area contributed by atoms with Crippen molar-refractivity contribution in [2.75, 3.05) is 0 Å². The normalized spacial score (nSPS) is 23.3. The van der Waals surface area contributed by atoms with Crippen LogP contribution in [0.4, 0.5) is 0 Å². The van der Waals surface area contributed by atoms with Gasteiger partial charge in [0.25, 0.3) is 0 Å². The van der Waals surface area contributed by atoms with Crippen LogP contribution in [0.3, 0.4) is 0 Å². The van der Waals surface area contributed by atoms with E-state index in [2.05, 4.69) is 13.8 Å². The predicted molar refractivity (Wildman–Crippen MR) is 76.5 cm³/mol. The highest BCUT2D eigenvalue weighted by molar-refractivity contribution is 5.72. The fourth-order valence-electron chi connectivity index (χ4n) is 2.87. The predicted octanol–water partition coefficient (Wildman–Crippen LogP) is 4.19. The number of carbonyl (C=O) groups is 1. The third-order valence-corrected chi connectivity index (χ3v) is 4.27. The van der Waals surface area contributed by atoms with Crippen molar-refractivity contribution in [1.29, 1.82) is 0 Å². The minimum absolute atomic E-state index is 0.00828. The third kappa shape index (κ3) is 4.09. The van der Waals surface area contributed by atoms with Crippen LogP contribution in [0.5, 0.6) is 0 Å². The maximum Gasteiger partial charge on any atom is 0.309 e. The Kier molecular flexibility index (Phi) is 5.00. The molecule has 1 fully saturated rings. The first-order chi connectivity index (χ1) is 9.16. The molecule has 0 amide bonds. The smallest absolute Gasteiger partial charge is 0.309 e. The minimum Gasteiger partial charge on any atom is -0.461 e. The molecule has 0 saturated heterocycles. The maximum atomic E-state index is 12.0. The lowest BCUT2D eigenvalue weighted by molar-refractivity contribution is -0.151. The van der Waals surface area contributed by atoms with Crippen LogP contribution in [0, 0.1) is 17.8 Å². The van der Waals surface area contributed by atoms with Crippen molar-refractivity contribution in [1.82, 2.24) is 0 Å². The number of hydrogen-bond donors (Lipinski definition) is 0. The van der Waals surface area contributed by atoms with Gasteiger partial charge in [-0.1, -0.05) is 44.2 Å². The summed E-state index contributed by atoms with van der Waals surface area (Å²) in [7, 11) is 0. The third-order valence-electron chi connectivity index (χ3n) is 4.27. The molecule has 0 unspecified atom stereocenters. The molecule has 2 nitrogen and oxygen atoms in total. The molecule has 0 heterocycles.